The van der Waals surface area contributed by atoms with Crippen LogP contribution in [0.15, 0.2) is 53.4 Å². The van der Waals surface area contributed by atoms with Crippen LogP contribution >= 0.6 is 11.8 Å². The van der Waals surface area contributed by atoms with Crippen LogP contribution in [0.3, 0.4) is 0 Å². The highest BCUT2D eigenvalue weighted by molar-refractivity contribution is 7.99. The van der Waals surface area contributed by atoms with E-state index < -0.39 is 0 Å². The Balaban J connectivity index is 1.64. The van der Waals surface area contributed by atoms with E-state index in [-0.39, 0.29) is 0 Å². The molecule has 3 heteroatoms. The first-order valence-corrected chi connectivity index (χ1v) is 8.04. The number of rotatable bonds is 5. The monoisotopic (exact) mass is 285 g/mol. The van der Waals surface area contributed by atoms with Crippen LogP contribution in [0, 0.1) is 0 Å². The lowest BCUT2D eigenvalue weighted by molar-refractivity contribution is 0.340. The second-order valence-corrected chi connectivity index (χ2v) is 5.95. The summed E-state index contributed by atoms with van der Waals surface area (Å²) in [7, 11) is 0. The van der Waals surface area contributed by atoms with Gasteiger partial charge in [0.2, 0.25) is 0 Å². The van der Waals surface area contributed by atoms with Gasteiger partial charge in [0.05, 0.1) is 6.61 Å². The number of anilines is 1. The van der Waals surface area contributed by atoms with Gasteiger partial charge in [0.25, 0.3) is 0 Å². The number of fused-ring (bicyclic) bond motifs is 1. The predicted octanol–water partition coefficient (Wildman–Crippen LogP) is 4.39. The van der Waals surface area contributed by atoms with Crippen LogP contribution in [0.25, 0.3) is 0 Å². The number of nitrogens with one attached hydrogen (secondary N) is 1. The van der Waals surface area contributed by atoms with Gasteiger partial charge in [0, 0.05) is 34.9 Å². The smallest absolute Gasteiger partial charge is 0.121 e. The molecule has 0 amide bonds. The van der Waals surface area contributed by atoms with Crippen LogP contribution in [0.2, 0.25) is 0 Å². The quantitative estimate of drug-likeness (QED) is 0.880. The Hall–Kier alpha value is -1.61. The first kappa shape index (κ1) is 13.4. The summed E-state index contributed by atoms with van der Waals surface area (Å²) < 4.78 is 5.53. The third-order valence-corrected chi connectivity index (χ3v) is 4.75. The maximum atomic E-state index is 5.53. The molecule has 1 heterocycles. The predicted molar refractivity (Wildman–Crippen MR) is 86.0 cm³/mol. The molecule has 0 saturated carbocycles. The van der Waals surface area contributed by atoms with Crippen molar-refractivity contribution in [3.63, 3.8) is 0 Å². The third kappa shape index (κ3) is 2.93. The molecule has 0 radical (unpaired) electrons. The Morgan fingerprint density at radius 2 is 2.10 bits per heavy atom. The molecule has 0 aliphatic carbocycles. The number of hydrogen-bond donors (Lipinski definition) is 1. The van der Waals surface area contributed by atoms with Crippen LogP contribution in [-0.4, -0.2) is 18.9 Å². The third-order valence-electron chi connectivity index (χ3n) is 3.50. The molecule has 2 nitrogen and oxygen atoms in total. The first-order valence-electron chi connectivity index (χ1n) is 7.05. The van der Waals surface area contributed by atoms with Gasteiger partial charge in [-0.2, -0.15) is 0 Å². The lowest BCUT2D eigenvalue weighted by Crippen LogP contribution is -2.12. The highest BCUT2D eigenvalue weighted by Crippen LogP contribution is 2.39. The first-order chi connectivity index (χ1) is 9.86. The molecule has 0 aromatic heterocycles. The molecule has 3 rings (SSSR count). The van der Waals surface area contributed by atoms with E-state index in [1.165, 1.54) is 10.5 Å². The summed E-state index contributed by atoms with van der Waals surface area (Å²) in [6.07, 6.45) is 0. The summed E-state index contributed by atoms with van der Waals surface area (Å²) in [6, 6.07) is 16.9. The molecule has 1 atom stereocenters. The van der Waals surface area contributed by atoms with Crippen molar-refractivity contribution in [3.05, 3.63) is 54.1 Å². The second-order valence-electron chi connectivity index (χ2n) is 4.89. The molecule has 1 aliphatic rings. The minimum absolute atomic E-state index is 0.590. The van der Waals surface area contributed by atoms with E-state index in [4.69, 9.17) is 4.74 Å². The molecule has 2 aromatic rings. The molecule has 0 spiro atoms. The van der Waals surface area contributed by atoms with Gasteiger partial charge in [0.15, 0.2) is 0 Å². The largest absolute Gasteiger partial charge is 0.494 e. The van der Waals surface area contributed by atoms with Gasteiger partial charge in [-0.25, -0.2) is 0 Å². The zero-order chi connectivity index (χ0) is 13.8. The highest BCUT2D eigenvalue weighted by Gasteiger charge is 2.22. The Morgan fingerprint density at radius 3 is 3.00 bits per heavy atom. The average molecular weight is 285 g/mol. The maximum absolute atomic E-state index is 5.53. The Labute approximate surface area is 124 Å². The fourth-order valence-corrected chi connectivity index (χ4v) is 3.76. The van der Waals surface area contributed by atoms with Crippen molar-refractivity contribution >= 4 is 17.4 Å². The molecule has 20 heavy (non-hydrogen) atoms. The second kappa shape index (κ2) is 6.23. The summed E-state index contributed by atoms with van der Waals surface area (Å²) in [6.45, 7) is 3.68. The van der Waals surface area contributed by atoms with Crippen molar-refractivity contribution in [2.45, 2.75) is 17.7 Å². The fourth-order valence-electron chi connectivity index (χ4n) is 2.50. The lowest BCUT2D eigenvalue weighted by Gasteiger charge is -2.14. The topological polar surface area (TPSA) is 21.3 Å². The minimum atomic E-state index is 0.590. The van der Waals surface area contributed by atoms with Crippen molar-refractivity contribution in [1.82, 2.24) is 0 Å². The summed E-state index contributed by atoms with van der Waals surface area (Å²) in [4.78, 5) is 1.43. The van der Waals surface area contributed by atoms with Gasteiger partial charge in [-0.1, -0.05) is 24.3 Å². The van der Waals surface area contributed by atoms with Crippen molar-refractivity contribution in [3.8, 4) is 5.75 Å². The van der Waals surface area contributed by atoms with Gasteiger partial charge in [0.1, 0.15) is 5.75 Å². The van der Waals surface area contributed by atoms with Crippen molar-refractivity contribution < 1.29 is 4.74 Å². The average Bonchev–Trinajstić information content (AvgIpc) is 2.89. The standard InChI is InChI=1S/C17H19NOS/c1-2-19-15-7-5-6-14(10-15)18-11-13-12-20-17-9-4-3-8-16(13)17/h3-10,13,18H,2,11-12H2,1H3. The summed E-state index contributed by atoms with van der Waals surface area (Å²) >= 11 is 1.96. The molecule has 0 saturated heterocycles. The number of ether oxygens (including phenoxy) is 1. The Morgan fingerprint density at radius 1 is 1.20 bits per heavy atom. The van der Waals surface area contributed by atoms with Gasteiger partial charge in [-0.05, 0) is 30.7 Å². The summed E-state index contributed by atoms with van der Waals surface area (Å²) in [5.74, 6) is 2.68. The molecular formula is C17H19NOS. The lowest BCUT2D eigenvalue weighted by atomic mass is 10.0. The molecule has 0 fully saturated rings. The van der Waals surface area contributed by atoms with Crippen molar-refractivity contribution in [2.75, 3.05) is 24.2 Å². The molecule has 1 N–H and O–H groups in total. The number of hydrogen-bond acceptors (Lipinski definition) is 3. The molecule has 0 bridgehead atoms. The molecule has 1 unspecified atom stereocenters. The SMILES string of the molecule is CCOc1cccc(NCC2CSc3ccccc32)c1. The Kier molecular flexibility index (Phi) is 4.16. The van der Waals surface area contributed by atoms with Gasteiger partial charge < -0.3 is 10.1 Å². The molecule has 1 aliphatic heterocycles. The van der Waals surface area contributed by atoms with Gasteiger partial charge in [-0.3, -0.25) is 0 Å². The van der Waals surface area contributed by atoms with Crippen LogP contribution < -0.4 is 10.1 Å². The molecular weight excluding hydrogens is 266 g/mol. The number of thioether (sulfide) groups is 1. The highest BCUT2D eigenvalue weighted by atomic mass is 32.2. The zero-order valence-corrected chi connectivity index (χ0v) is 12.5. The van der Waals surface area contributed by atoms with E-state index in [0.717, 1.165) is 23.7 Å². The summed E-state index contributed by atoms with van der Waals surface area (Å²) in [5.41, 5.74) is 2.61. The van der Waals surface area contributed by atoms with Crippen LogP contribution in [0.4, 0.5) is 5.69 Å². The van der Waals surface area contributed by atoms with Crippen LogP contribution in [0.5, 0.6) is 5.75 Å². The fraction of sp³-hybridized carbons (Fsp3) is 0.294. The summed E-state index contributed by atoms with van der Waals surface area (Å²) in [5, 5.41) is 3.53. The molecule has 2 aromatic carbocycles. The number of benzene rings is 2. The van der Waals surface area contributed by atoms with E-state index in [2.05, 4.69) is 41.7 Å². The Bertz CT molecular complexity index is 585. The van der Waals surface area contributed by atoms with Crippen LogP contribution in [0.1, 0.15) is 18.4 Å². The van der Waals surface area contributed by atoms with Gasteiger partial charge in [-0.15, -0.1) is 11.8 Å². The zero-order valence-electron chi connectivity index (χ0n) is 11.6. The van der Waals surface area contributed by atoms with E-state index in [1.54, 1.807) is 0 Å². The molecule has 104 valence electrons. The van der Waals surface area contributed by atoms with Crippen molar-refractivity contribution in [1.29, 1.82) is 0 Å². The van der Waals surface area contributed by atoms with E-state index in [0.29, 0.717) is 12.5 Å². The van der Waals surface area contributed by atoms with E-state index >= 15 is 0 Å². The van der Waals surface area contributed by atoms with Crippen LogP contribution in [-0.2, 0) is 0 Å². The normalized spacial score (nSPS) is 16.8. The minimum Gasteiger partial charge on any atom is -0.494 e. The van der Waals surface area contributed by atoms with Crippen molar-refractivity contribution in [2.24, 2.45) is 0 Å². The van der Waals surface area contributed by atoms with Gasteiger partial charge >= 0.3 is 0 Å². The van der Waals surface area contributed by atoms with E-state index in [1.807, 2.05) is 30.8 Å². The maximum Gasteiger partial charge on any atom is 0.121 e. The van der Waals surface area contributed by atoms with E-state index in [9.17, 15) is 0 Å².